The molecule has 7 heteroatoms. The second-order valence-electron chi connectivity index (χ2n) is 8.55. The number of hydrogen-bond donors (Lipinski definition) is 1. The van der Waals surface area contributed by atoms with Crippen molar-refractivity contribution in [2.75, 3.05) is 5.32 Å². The van der Waals surface area contributed by atoms with Crippen molar-refractivity contribution in [3.8, 4) is 11.3 Å². The van der Waals surface area contributed by atoms with Crippen molar-refractivity contribution in [3.05, 3.63) is 110 Å². The summed E-state index contributed by atoms with van der Waals surface area (Å²) < 4.78 is 5.49. The Balaban J connectivity index is 1.18. The highest BCUT2D eigenvalue weighted by molar-refractivity contribution is 7.99. The van der Waals surface area contributed by atoms with E-state index in [0.29, 0.717) is 5.82 Å². The molecule has 4 aromatic heterocycles. The van der Waals surface area contributed by atoms with Gasteiger partial charge in [0.05, 0.1) is 11.8 Å². The summed E-state index contributed by atoms with van der Waals surface area (Å²) in [5.41, 5.74) is 5.44. The lowest BCUT2D eigenvalue weighted by Crippen LogP contribution is -1.99. The predicted octanol–water partition coefficient (Wildman–Crippen LogP) is 7.88. The van der Waals surface area contributed by atoms with Gasteiger partial charge in [0.1, 0.15) is 16.8 Å². The highest BCUT2D eigenvalue weighted by atomic mass is 32.2. The Labute approximate surface area is 216 Å². The first-order valence-corrected chi connectivity index (χ1v) is 12.6. The van der Waals surface area contributed by atoms with Crippen molar-refractivity contribution >= 4 is 56.0 Å². The molecule has 0 radical (unpaired) electrons. The van der Waals surface area contributed by atoms with Crippen LogP contribution < -0.4 is 5.32 Å². The summed E-state index contributed by atoms with van der Waals surface area (Å²) in [4.78, 5) is 11.1. The molecule has 37 heavy (non-hydrogen) atoms. The molecule has 6 nitrogen and oxygen atoms in total. The fourth-order valence-corrected chi connectivity index (χ4v) is 5.34. The molecule has 0 aliphatic carbocycles. The molecule has 0 bridgehead atoms. The van der Waals surface area contributed by atoms with Gasteiger partial charge in [-0.1, -0.05) is 36.0 Å². The van der Waals surface area contributed by atoms with Gasteiger partial charge in [-0.2, -0.15) is 0 Å². The summed E-state index contributed by atoms with van der Waals surface area (Å²) in [6.07, 6.45) is 5.32. The number of benzene rings is 3. The van der Waals surface area contributed by atoms with E-state index in [1.165, 1.54) is 0 Å². The lowest BCUT2D eigenvalue weighted by atomic mass is 10.0. The van der Waals surface area contributed by atoms with E-state index in [1.54, 1.807) is 24.2 Å². The van der Waals surface area contributed by atoms with Crippen LogP contribution in [0.2, 0.25) is 0 Å². The Hall–Kier alpha value is -4.75. The third-order valence-electron chi connectivity index (χ3n) is 6.22. The zero-order valence-electron chi connectivity index (χ0n) is 19.5. The third kappa shape index (κ3) is 4.05. The highest BCUT2D eigenvalue weighted by Gasteiger charge is 2.12. The van der Waals surface area contributed by atoms with E-state index in [4.69, 9.17) is 4.42 Å². The van der Waals surface area contributed by atoms with Crippen molar-refractivity contribution < 1.29 is 4.42 Å². The lowest BCUT2D eigenvalue weighted by Gasteiger charge is -2.12. The molecule has 0 saturated carbocycles. The van der Waals surface area contributed by atoms with Crippen molar-refractivity contribution in [3.63, 3.8) is 0 Å². The van der Waals surface area contributed by atoms with Crippen LogP contribution in [-0.4, -0.2) is 20.2 Å². The normalized spacial score (nSPS) is 11.4. The Kier molecular flexibility index (Phi) is 5.26. The average molecular weight is 498 g/mol. The molecular weight excluding hydrogens is 478 g/mol. The second-order valence-corrected chi connectivity index (χ2v) is 9.66. The largest absolute Gasteiger partial charge is 0.464 e. The molecule has 0 fully saturated rings. The number of furan rings is 1. The lowest BCUT2D eigenvalue weighted by molar-refractivity contribution is 0.616. The molecule has 7 rings (SSSR count). The van der Waals surface area contributed by atoms with Gasteiger partial charge in [-0.25, -0.2) is 0 Å². The van der Waals surface area contributed by atoms with Gasteiger partial charge >= 0.3 is 0 Å². The van der Waals surface area contributed by atoms with Crippen LogP contribution in [-0.2, 0) is 0 Å². The Morgan fingerprint density at radius 2 is 1.62 bits per heavy atom. The third-order valence-corrected chi connectivity index (χ3v) is 7.27. The number of nitrogens with one attached hydrogen (secondary N) is 1. The maximum absolute atomic E-state index is 5.49. The van der Waals surface area contributed by atoms with Crippen LogP contribution in [0.25, 0.3) is 44.0 Å². The van der Waals surface area contributed by atoms with Crippen LogP contribution >= 0.6 is 11.8 Å². The minimum absolute atomic E-state index is 0.716. The quantitative estimate of drug-likeness (QED) is 0.259. The Morgan fingerprint density at radius 1 is 0.730 bits per heavy atom. The molecule has 3 aromatic carbocycles. The van der Waals surface area contributed by atoms with E-state index >= 15 is 0 Å². The second kappa shape index (κ2) is 9.04. The number of anilines is 2. The fraction of sp³-hybridized carbons (Fsp3) is 0. The van der Waals surface area contributed by atoms with E-state index in [9.17, 15) is 0 Å². The number of hydrogen-bond acceptors (Lipinski definition) is 7. The zero-order valence-corrected chi connectivity index (χ0v) is 20.3. The average Bonchev–Trinajstić information content (AvgIpc) is 3.43. The summed E-state index contributed by atoms with van der Waals surface area (Å²) >= 11 is 1.67. The Morgan fingerprint density at radius 3 is 2.54 bits per heavy atom. The van der Waals surface area contributed by atoms with Gasteiger partial charge in [-0.15, -0.1) is 10.2 Å². The van der Waals surface area contributed by atoms with E-state index in [-0.39, 0.29) is 0 Å². The van der Waals surface area contributed by atoms with Gasteiger partial charge in [0.2, 0.25) is 0 Å². The van der Waals surface area contributed by atoms with Crippen LogP contribution in [0.3, 0.4) is 0 Å². The van der Waals surface area contributed by atoms with Crippen molar-refractivity contribution in [1.29, 1.82) is 0 Å². The van der Waals surface area contributed by atoms with Crippen molar-refractivity contribution in [2.24, 2.45) is 0 Å². The van der Waals surface area contributed by atoms with Crippen LogP contribution in [0.1, 0.15) is 0 Å². The highest BCUT2D eigenvalue weighted by Crippen LogP contribution is 2.35. The van der Waals surface area contributed by atoms with Crippen LogP contribution in [0.15, 0.2) is 124 Å². The smallest absolute Gasteiger partial charge is 0.161 e. The zero-order chi connectivity index (χ0) is 24.6. The molecule has 0 atom stereocenters. The molecule has 0 unspecified atom stereocenters. The molecule has 0 saturated heterocycles. The van der Waals surface area contributed by atoms with Crippen molar-refractivity contribution in [1.82, 2.24) is 20.2 Å². The van der Waals surface area contributed by atoms with Crippen LogP contribution in [0, 0.1) is 0 Å². The number of nitrogens with zero attached hydrogens (tertiary/aromatic N) is 4. The molecule has 176 valence electrons. The molecule has 0 aliphatic heterocycles. The molecule has 7 aromatic rings. The molecule has 4 heterocycles. The molecule has 0 aliphatic rings. The van der Waals surface area contributed by atoms with E-state index in [2.05, 4.69) is 67.9 Å². The monoisotopic (exact) mass is 497 g/mol. The van der Waals surface area contributed by atoms with Gasteiger partial charge in [-0.05, 0) is 66.7 Å². The minimum atomic E-state index is 0.716. The van der Waals surface area contributed by atoms with E-state index < -0.39 is 0 Å². The molecule has 1 N–H and O–H groups in total. The number of aromatic nitrogens is 4. The van der Waals surface area contributed by atoms with Gasteiger partial charge in [-0.3, -0.25) is 9.97 Å². The predicted molar refractivity (Wildman–Crippen MR) is 148 cm³/mol. The van der Waals surface area contributed by atoms with Crippen LogP contribution in [0.5, 0.6) is 0 Å². The molecular formula is C30H19N5OS. The van der Waals surface area contributed by atoms with Gasteiger partial charge in [0, 0.05) is 49.6 Å². The first-order valence-electron chi connectivity index (χ1n) is 11.8. The van der Waals surface area contributed by atoms with Gasteiger partial charge in [0.15, 0.2) is 5.82 Å². The first kappa shape index (κ1) is 21.5. The standard InChI is InChI=1S/C30H19N5OS/c1-2-5-24-23(4-1)28(20-7-12-26-19(18-20)14-17-36-26)34-35-30(24)33-21-8-10-22(11-9-21)37-27-13-16-31-25-6-3-15-32-29(25)27/h1-18H,(H,33,35). The number of fused-ring (bicyclic) bond motifs is 3. The van der Waals surface area contributed by atoms with E-state index in [0.717, 1.165) is 59.5 Å². The summed E-state index contributed by atoms with van der Waals surface area (Å²) in [6, 6.07) is 30.4. The SMILES string of the molecule is c1cnc2c(Sc3ccc(Nc4nnc(-c5ccc6occc6c5)c5ccccc45)cc3)ccnc2c1. The summed E-state index contributed by atoms with van der Waals surface area (Å²) in [5.74, 6) is 0.716. The maximum atomic E-state index is 5.49. The summed E-state index contributed by atoms with van der Waals surface area (Å²) in [7, 11) is 0. The van der Waals surface area contributed by atoms with Gasteiger partial charge < -0.3 is 9.73 Å². The first-order chi connectivity index (χ1) is 18.3. The van der Waals surface area contributed by atoms with E-state index in [1.807, 2.05) is 54.7 Å². The number of rotatable bonds is 5. The summed E-state index contributed by atoms with van der Waals surface area (Å²) in [6.45, 7) is 0. The maximum Gasteiger partial charge on any atom is 0.161 e. The molecule has 0 spiro atoms. The molecule has 0 amide bonds. The van der Waals surface area contributed by atoms with Crippen molar-refractivity contribution in [2.45, 2.75) is 9.79 Å². The van der Waals surface area contributed by atoms with Gasteiger partial charge in [0.25, 0.3) is 0 Å². The number of pyridine rings is 2. The summed E-state index contributed by atoms with van der Waals surface area (Å²) in [5, 5.41) is 15.7. The fourth-order valence-electron chi connectivity index (χ4n) is 4.43. The van der Waals surface area contributed by atoms with Crippen LogP contribution in [0.4, 0.5) is 11.5 Å². The minimum Gasteiger partial charge on any atom is -0.464 e. The topological polar surface area (TPSA) is 76.7 Å². The Bertz CT molecular complexity index is 1890.